The number of carbonyl (C=O) groups excluding carboxylic acids is 1. The van der Waals surface area contributed by atoms with E-state index >= 15 is 0 Å². The van der Waals surface area contributed by atoms with Crippen molar-refractivity contribution in [2.75, 3.05) is 13.2 Å². The van der Waals surface area contributed by atoms with E-state index in [4.69, 9.17) is 13.9 Å². The molecule has 0 bridgehead atoms. The molecule has 3 aromatic rings. The van der Waals surface area contributed by atoms with Crippen LogP contribution in [0.4, 0.5) is 0 Å². The first-order valence-corrected chi connectivity index (χ1v) is 10.1. The first-order valence-electron chi connectivity index (χ1n) is 10.1. The fourth-order valence-corrected chi connectivity index (χ4v) is 3.36. The second-order valence-corrected chi connectivity index (χ2v) is 7.23. The number of fused-ring (bicyclic) bond motifs is 1. The van der Waals surface area contributed by atoms with Crippen LogP contribution in [-0.4, -0.2) is 19.1 Å². The Morgan fingerprint density at radius 1 is 1.03 bits per heavy atom. The molecular weight excluding hydrogens is 366 g/mol. The first-order chi connectivity index (χ1) is 13.9. The quantitative estimate of drug-likeness (QED) is 0.565. The maximum absolute atomic E-state index is 12.7. The summed E-state index contributed by atoms with van der Waals surface area (Å²) in [5.74, 6) is 1.36. The second-order valence-electron chi connectivity index (χ2n) is 7.23. The van der Waals surface area contributed by atoms with Gasteiger partial charge in [-0.15, -0.1) is 0 Å². The monoisotopic (exact) mass is 395 g/mol. The van der Waals surface area contributed by atoms with Gasteiger partial charge in [0.15, 0.2) is 11.5 Å². The van der Waals surface area contributed by atoms with Crippen molar-refractivity contribution in [2.45, 2.75) is 47.1 Å². The largest absolute Gasteiger partial charge is 0.490 e. The third kappa shape index (κ3) is 4.73. The fraction of sp³-hybridized carbons (Fsp3) is 0.375. The molecule has 1 atom stereocenters. The highest BCUT2D eigenvalue weighted by Gasteiger charge is 2.16. The minimum Gasteiger partial charge on any atom is -0.490 e. The topological polar surface area (TPSA) is 60.7 Å². The zero-order chi connectivity index (χ0) is 21.0. The number of aryl methyl sites for hydroxylation is 2. The van der Waals surface area contributed by atoms with Crippen molar-refractivity contribution in [3.63, 3.8) is 0 Å². The molecule has 1 aromatic heterocycles. The molecule has 1 amide bonds. The smallest absolute Gasteiger partial charge is 0.225 e. The van der Waals surface area contributed by atoms with Gasteiger partial charge in [0.25, 0.3) is 0 Å². The van der Waals surface area contributed by atoms with Crippen LogP contribution in [0.2, 0.25) is 0 Å². The predicted molar refractivity (Wildman–Crippen MR) is 115 cm³/mol. The molecule has 154 valence electrons. The third-order valence-corrected chi connectivity index (χ3v) is 5.07. The van der Waals surface area contributed by atoms with E-state index in [9.17, 15) is 4.79 Å². The van der Waals surface area contributed by atoms with Crippen molar-refractivity contribution >= 4 is 16.9 Å². The number of hydrogen-bond acceptors (Lipinski definition) is 4. The third-order valence-electron chi connectivity index (χ3n) is 5.07. The molecule has 1 N–H and O–H groups in total. The second kappa shape index (κ2) is 9.03. The zero-order valence-corrected chi connectivity index (χ0v) is 17.8. The van der Waals surface area contributed by atoms with Gasteiger partial charge in [0, 0.05) is 10.9 Å². The highest BCUT2D eigenvalue weighted by atomic mass is 16.5. The van der Waals surface area contributed by atoms with E-state index in [2.05, 4.69) is 25.2 Å². The molecule has 1 unspecified atom stereocenters. The Balaban J connectivity index is 1.72. The Morgan fingerprint density at radius 3 is 2.45 bits per heavy atom. The molecular formula is C24H29NO4. The molecule has 0 aliphatic heterocycles. The molecule has 0 radical (unpaired) electrons. The summed E-state index contributed by atoms with van der Waals surface area (Å²) in [5.41, 5.74) is 5.05. The number of nitrogens with one attached hydrogen (secondary N) is 1. The van der Waals surface area contributed by atoms with Crippen molar-refractivity contribution in [2.24, 2.45) is 0 Å². The van der Waals surface area contributed by atoms with Crippen LogP contribution >= 0.6 is 0 Å². The summed E-state index contributed by atoms with van der Waals surface area (Å²) >= 11 is 0. The fourth-order valence-electron chi connectivity index (χ4n) is 3.36. The lowest BCUT2D eigenvalue weighted by atomic mass is 10.0. The van der Waals surface area contributed by atoms with Gasteiger partial charge in [0.05, 0.1) is 31.9 Å². The van der Waals surface area contributed by atoms with Gasteiger partial charge in [-0.3, -0.25) is 4.79 Å². The van der Waals surface area contributed by atoms with Gasteiger partial charge >= 0.3 is 0 Å². The highest BCUT2D eigenvalue weighted by molar-refractivity contribution is 5.88. The number of carbonyl (C=O) groups is 1. The van der Waals surface area contributed by atoms with Gasteiger partial charge in [-0.05, 0) is 75.6 Å². The summed E-state index contributed by atoms with van der Waals surface area (Å²) in [5, 5.41) is 4.06. The Hall–Kier alpha value is -2.95. The standard InChI is InChI=1S/C24H29NO4/c1-6-27-21-9-8-18(12-23(21)28-7-2)17(5)25-24(26)13-19-14-29-22-11-16(4)15(3)10-20(19)22/h8-12,14,17H,6-7,13H2,1-5H3,(H,25,26). The predicted octanol–water partition coefficient (Wildman–Crippen LogP) is 5.27. The van der Waals surface area contributed by atoms with Crippen molar-refractivity contribution in [1.29, 1.82) is 0 Å². The van der Waals surface area contributed by atoms with E-state index in [1.807, 2.05) is 45.0 Å². The molecule has 29 heavy (non-hydrogen) atoms. The van der Waals surface area contributed by atoms with E-state index in [0.717, 1.165) is 22.1 Å². The zero-order valence-electron chi connectivity index (χ0n) is 17.8. The maximum Gasteiger partial charge on any atom is 0.225 e. The van der Waals surface area contributed by atoms with Crippen molar-refractivity contribution in [3.05, 3.63) is 58.8 Å². The summed E-state index contributed by atoms with van der Waals surface area (Å²) < 4.78 is 16.9. The van der Waals surface area contributed by atoms with Crippen molar-refractivity contribution in [3.8, 4) is 11.5 Å². The van der Waals surface area contributed by atoms with Gasteiger partial charge in [0.1, 0.15) is 5.58 Å². The van der Waals surface area contributed by atoms with E-state index in [1.54, 1.807) is 6.26 Å². The van der Waals surface area contributed by atoms with Crippen molar-refractivity contribution in [1.82, 2.24) is 5.32 Å². The highest BCUT2D eigenvalue weighted by Crippen LogP contribution is 2.31. The van der Waals surface area contributed by atoms with Gasteiger partial charge in [0.2, 0.25) is 5.91 Å². The number of furan rings is 1. The van der Waals surface area contributed by atoms with Gasteiger partial charge in [-0.25, -0.2) is 0 Å². The molecule has 5 heteroatoms. The summed E-state index contributed by atoms with van der Waals surface area (Å²) in [6, 6.07) is 9.72. The van der Waals surface area contributed by atoms with Gasteiger partial charge in [-0.2, -0.15) is 0 Å². The normalized spacial score (nSPS) is 12.0. The van der Waals surface area contributed by atoms with Crippen LogP contribution in [0.25, 0.3) is 11.0 Å². The molecule has 5 nitrogen and oxygen atoms in total. The molecule has 0 fully saturated rings. The lowest BCUT2D eigenvalue weighted by molar-refractivity contribution is -0.121. The number of rotatable bonds is 8. The van der Waals surface area contributed by atoms with Crippen LogP contribution in [0.1, 0.15) is 49.1 Å². The number of amides is 1. The van der Waals surface area contributed by atoms with Crippen LogP contribution in [-0.2, 0) is 11.2 Å². The van der Waals surface area contributed by atoms with E-state index in [1.165, 1.54) is 11.1 Å². The molecule has 0 aliphatic carbocycles. The lowest BCUT2D eigenvalue weighted by Gasteiger charge is -2.17. The summed E-state index contributed by atoms with van der Waals surface area (Å²) in [6.45, 7) is 11.1. The summed E-state index contributed by atoms with van der Waals surface area (Å²) in [7, 11) is 0. The molecule has 3 rings (SSSR count). The van der Waals surface area contributed by atoms with Crippen LogP contribution in [0.15, 0.2) is 41.0 Å². The van der Waals surface area contributed by atoms with Crippen LogP contribution in [0.5, 0.6) is 11.5 Å². The van der Waals surface area contributed by atoms with E-state index in [-0.39, 0.29) is 18.4 Å². The Bertz CT molecular complexity index is 1010. The lowest BCUT2D eigenvalue weighted by Crippen LogP contribution is -2.28. The SMILES string of the molecule is CCOc1ccc(C(C)NC(=O)Cc2coc3cc(C)c(C)cc23)cc1OCC. The first kappa shape index (κ1) is 20.8. The Kier molecular flexibility index (Phi) is 6.47. The van der Waals surface area contributed by atoms with Gasteiger partial charge < -0.3 is 19.2 Å². The minimum absolute atomic E-state index is 0.0507. The van der Waals surface area contributed by atoms with Crippen LogP contribution in [0, 0.1) is 13.8 Å². The molecule has 0 aliphatic rings. The Labute approximate surface area is 172 Å². The number of benzene rings is 2. The van der Waals surface area contributed by atoms with Crippen molar-refractivity contribution < 1.29 is 18.7 Å². The maximum atomic E-state index is 12.7. The molecule has 0 spiro atoms. The summed E-state index contributed by atoms with van der Waals surface area (Å²) in [6.07, 6.45) is 1.95. The number of hydrogen-bond donors (Lipinski definition) is 1. The molecule has 0 saturated carbocycles. The minimum atomic E-state index is -0.153. The average molecular weight is 395 g/mol. The van der Waals surface area contributed by atoms with Crippen LogP contribution in [0.3, 0.4) is 0 Å². The Morgan fingerprint density at radius 2 is 1.72 bits per heavy atom. The molecule has 2 aromatic carbocycles. The molecule has 0 saturated heterocycles. The van der Waals surface area contributed by atoms with Gasteiger partial charge in [-0.1, -0.05) is 6.07 Å². The molecule has 1 heterocycles. The number of ether oxygens (including phenoxy) is 2. The van der Waals surface area contributed by atoms with Crippen LogP contribution < -0.4 is 14.8 Å². The van der Waals surface area contributed by atoms with E-state index < -0.39 is 0 Å². The average Bonchev–Trinajstić information content (AvgIpc) is 3.05. The summed E-state index contributed by atoms with van der Waals surface area (Å²) in [4.78, 5) is 12.7. The van der Waals surface area contributed by atoms with E-state index in [0.29, 0.717) is 24.7 Å².